The fraction of sp³-hybridized carbons (Fsp3) is 0.846. The molecule has 1 amide bonds. The maximum Gasteiger partial charge on any atom is 0.233 e. The van der Waals surface area contributed by atoms with E-state index in [1.807, 2.05) is 21.0 Å². The highest BCUT2D eigenvalue weighted by molar-refractivity contribution is 7.80. The quantitative estimate of drug-likeness (QED) is 0.740. The maximum absolute atomic E-state index is 12.5. The molecule has 0 spiro atoms. The zero-order valence-electron chi connectivity index (χ0n) is 11.7. The molecule has 0 bridgehead atoms. The Morgan fingerprint density at radius 1 is 1.39 bits per heavy atom. The Balaban J connectivity index is 2.69. The Bertz CT molecular complexity index is 311. The number of thiocarbonyl (C=S) groups is 1. The van der Waals surface area contributed by atoms with Gasteiger partial charge in [-0.3, -0.25) is 4.79 Å². The van der Waals surface area contributed by atoms with Gasteiger partial charge >= 0.3 is 0 Å². The molecule has 5 heteroatoms. The normalized spacial score (nSPS) is 20.4. The van der Waals surface area contributed by atoms with E-state index in [-0.39, 0.29) is 11.9 Å². The van der Waals surface area contributed by atoms with Gasteiger partial charge < -0.3 is 16.0 Å². The van der Waals surface area contributed by atoms with Crippen LogP contribution in [0.3, 0.4) is 0 Å². The van der Waals surface area contributed by atoms with Crippen LogP contribution in [0.25, 0.3) is 0 Å². The van der Waals surface area contributed by atoms with Gasteiger partial charge in [-0.05, 0) is 33.9 Å². The Morgan fingerprint density at radius 2 is 1.94 bits per heavy atom. The average Bonchev–Trinajstić information content (AvgIpc) is 2.28. The first-order valence-electron chi connectivity index (χ1n) is 6.64. The summed E-state index contributed by atoms with van der Waals surface area (Å²) in [6.07, 6.45) is 4.83. The lowest BCUT2D eigenvalue weighted by Crippen LogP contribution is -2.53. The number of nitrogens with two attached hydrogens (primary N) is 1. The van der Waals surface area contributed by atoms with Gasteiger partial charge in [-0.25, -0.2) is 0 Å². The number of hydrogen-bond donors (Lipinski definition) is 2. The first-order chi connectivity index (χ1) is 8.38. The highest BCUT2D eigenvalue weighted by Gasteiger charge is 2.42. The topological polar surface area (TPSA) is 58.4 Å². The van der Waals surface area contributed by atoms with E-state index in [4.69, 9.17) is 18.0 Å². The fourth-order valence-electron chi connectivity index (χ4n) is 2.70. The second-order valence-electron chi connectivity index (χ2n) is 5.64. The van der Waals surface area contributed by atoms with Gasteiger partial charge in [0.25, 0.3) is 0 Å². The number of hydrogen-bond acceptors (Lipinski definition) is 3. The Kier molecular flexibility index (Phi) is 5.53. The van der Waals surface area contributed by atoms with Crippen LogP contribution in [0.2, 0.25) is 0 Å². The van der Waals surface area contributed by atoms with E-state index < -0.39 is 5.41 Å². The van der Waals surface area contributed by atoms with Crippen molar-refractivity contribution in [3.63, 3.8) is 0 Å². The summed E-state index contributed by atoms with van der Waals surface area (Å²) in [4.78, 5) is 14.9. The Morgan fingerprint density at radius 3 is 2.39 bits per heavy atom. The molecule has 1 atom stereocenters. The average molecular weight is 271 g/mol. The van der Waals surface area contributed by atoms with Crippen LogP contribution in [0.5, 0.6) is 0 Å². The summed E-state index contributed by atoms with van der Waals surface area (Å²) in [5.74, 6) is 0.0176. The fourth-order valence-corrected chi connectivity index (χ4v) is 2.99. The summed E-state index contributed by atoms with van der Waals surface area (Å²) in [6.45, 7) is 2.83. The highest BCUT2D eigenvalue weighted by Crippen LogP contribution is 2.37. The molecule has 0 saturated heterocycles. The maximum atomic E-state index is 12.5. The summed E-state index contributed by atoms with van der Waals surface area (Å²) in [5, 5.41) is 3.06. The number of carbonyl (C=O) groups excluding carboxylic acids is 1. The van der Waals surface area contributed by atoms with E-state index in [0.717, 1.165) is 32.2 Å². The largest absolute Gasteiger partial charge is 0.392 e. The smallest absolute Gasteiger partial charge is 0.233 e. The van der Waals surface area contributed by atoms with E-state index in [2.05, 4.69) is 10.2 Å². The second-order valence-corrected chi connectivity index (χ2v) is 6.08. The third-order valence-corrected chi connectivity index (χ3v) is 4.02. The van der Waals surface area contributed by atoms with Gasteiger partial charge in [0.15, 0.2) is 0 Å². The van der Waals surface area contributed by atoms with Crippen molar-refractivity contribution in [3.05, 3.63) is 0 Å². The monoisotopic (exact) mass is 271 g/mol. The summed E-state index contributed by atoms with van der Waals surface area (Å²) >= 11 is 5.15. The predicted octanol–water partition coefficient (Wildman–Crippen LogP) is 1.29. The lowest BCUT2D eigenvalue weighted by atomic mass is 9.73. The van der Waals surface area contributed by atoms with Crippen molar-refractivity contribution in [2.45, 2.75) is 45.1 Å². The predicted molar refractivity (Wildman–Crippen MR) is 78.5 cm³/mol. The minimum Gasteiger partial charge on any atom is -0.392 e. The number of likely N-dealkylation sites (N-methyl/N-ethyl adjacent to an activating group) is 1. The molecule has 1 rings (SSSR count). The van der Waals surface area contributed by atoms with Gasteiger partial charge in [-0.15, -0.1) is 0 Å². The zero-order chi connectivity index (χ0) is 13.8. The molecular weight excluding hydrogens is 246 g/mol. The van der Waals surface area contributed by atoms with Crippen molar-refractivity contribution in [2.75, 3.05) is 20.6 Å². The molecule has 0 heterocycles. The zero-order valence-corrected chi connectivity index (χ0v) is 12.5. The first-order valence-corrected chi connectivity index (χ1v) is 7.05. The van der Waals surface area contributed by atoms with Crippen LogP contribution in [0.4, 0.5) is 0 Å². The lowest BCUT2D eigenvalue weighted by Gasteiger charge is -2.36. The standard InChI is InChI=1S/C13H25N3OS/c1-10(9-16(2)3)15-12(17)13(11(14)18)7-5-4-6-8-13/h10H,4-9H2,1-3H3,(H2,14,18)(H,15,17). The molecule has 1 aliphatic carbocycles. The van der Waals surface area contributed by atoms with E-state index in [0.29, 0.717) is 4.99 Å². The van der Waals surface area contributed by atoms with E-state index in [1.165, 1.54) is 6.42 Å². The second kappa shape index (κ2) is 6.48. The van der Waals surface area contributed by atoms with Gasteiger partial charge in [0.1, 0.15) is 0 Å². The molecule has 1 aliphatic rings. The molecule has 0 radical (unpaired) electrons. The molecule has 0 aromatic carbocycles. The van der Waals surface area contributed by atoms with Crippen LogP contribution in [-0.2, 0) is 4.79 Å². The number of nitrogens with zero attached hydrogens (tertiary/aromatic N) is 1. The molecule has 3 N–H and O–H groups in total. The number of carbonyl (C=O) groups is 1. The van der Waals surface area contributed by atoms with Crippen LogP contribution < -0.4 is 11.1 Å². The molecule has 0 aliphatic heterocycles. The van der Waals surface area contributed by atoms with Crippen LogP contribution in [-0.4, -0.2) is 42.5 Å². The minimum absolute atomic E-state index is 0.0176. The van der Waals surface area contributed by atoms with Gasteiger partial charge in [-0.1, -0.05) is 31.5 Å². The molecular formula is C13H25N3OS. The SMILES string of the molecule is CC(CN(C)C)NC(=O)C1(C(N)=S)CCCCC1. The number of nitrogens with one attached hydrogen (secondary N) is 1. The molecule has 4 nitrogen and oxygen atoms in total. The highest BCUT2D eigenvalue weighted by atomic mass is 32.1. The summed E-state index contributed by atoms with van der Waals surface area (Å²) in [5.41, 5.74) is 5.24. The third kappa shape index (κ3) is 3.65. The van der Waals surface area contributed by atoms with Crippen molar-refractivity contribution in [3.8, 4) is 0 Å². The van der Waals surface area contributed by atoms with Crippen molar-refractivity contribution in [2.24, 2.45) is 11.1 Å². The van der Waals surface area contributed by atoms with Gasteiger partial charge in [0, 0.05) is 12.6 Å². The van der Waals surface area contributed by atoms with Crippen LogP contribution in [0.15, 0.2) is 0 Å². The van der Waals surface area contributed by atoms with Gasteiger partial charge in [0.05, 0.1) is 10.4 Å². The molecule has 18 heavy (non-hydrogen) atoms. The van der Waals surface area contributed by atoms with Gasteiger partial charge in [0.2, 0.25) is 5.91 Å². The minimum atomic E-state index is -0.603. The molecule has 1 fully saturated rings. The summed E-state index contributed by atoms with van der Waals surface area (Å²) in [6, 6.07) is 0.112. The first kappa shape index (κ1) is 15.4. The molecule has 0 aromatic rings. The van der Waals surface area contributed by atoms with Crippen molar-refractivity contribution in [1.29, 1.82) is 0 Å². The van der Waals surface area contributed by atoms with Crippen LogP contribution in [0.1, 0.15) is 39.0 Å². The van der Waals surface area contributed by atoms with E-state index in [9.17, 15) is 4.79 Å². The van der Waals surface area contributed by atoms with E-state index >= 15 is 0 Å². The molecule has 0 aromatic heterocycles. The molecule has 104 valence electrons. The number of rotatable bonds is 5. The van der Waals surface area contributed by atoms with Crippen molar-refractivity contribution >= 4 is 23.1 Å². The molecule has 1 unspecified atom stereocenters. The van der Waals surface area contributed by atoms with Crippen LogP contribution in [0, 0.1) is 5.41 Å². The Hall–Kier alpha value is -0.680. The van der Waals surface area contributed by atoms with E-state index in [1.54, 1.807) is 0 Å². The Labute approximate surface area is 115 Å². The van der Waals surface area contributed by atoms with Crippen molar-refractivity contribution in [1.82, 2.24) is 10.2 Å². The van der Waals surface area contributed by atoms with Crippen molar-refractivity contribution < 1.29 is 4.79 Å². The van der Waals surface area contributed by atoms with Crippen LogP contribution >= 0.6 is 12.2 Å². The molecule has 1 saturated carbocycles. The third-order valence-electron chi connectivity index (χ3n) is 3.63. The summed E-state index contributed by atoms with van der Waals surface area (Å²) < 4.78 is 0. The lowest BCUT2D eigenvalue weighted by molar-refractivity contribution is -0.129. The van der Waals surface area contributed by atoms with Gasteiger partial charge in [-0.2, -0.15) is 0 Å². The summed E-state index contributed by atoms with van der Waals surface area (Å²) in [7, 11) is 3.99. The number of amides is 1.